The number of benzene rings is 2. The van der Waals surface area contributed by atoms with E-state index in [4.69, 9.17) is 4.74 Å². The number of nitrogens with zero attached hydrogens (tertiary/aromatic N) is 6. The SMILES string of the molecule is Cc1ccc(N/N=C(\C#N)c2nnc(N3CCOCC3)n2-c2ccccc2)cc1. The molecule has 0 atom stereocenters. The lowest BCUT2D eigenvalue weighted by atomic mass is 10.2. The summed E-state index contributed by atoms with van der Waals surface area (Å²) in [6.07, 6.45) is 0. The van der Waals surface area contributed by atoms with Gasteiger partial charge >= 0.3 is 0 Å². The molecule has 0 aliphatic carbocycles. The van der Waals surface area contributed by atoms with Crippen LogP contribution in [0.15, 0.2) is 59.7 Å². The fourth-order valence-corrected chi connectivity index (χ4v) is 3.09. The van der Waals surface area contributed by atoms with Gasteiger partial charge < -0.3 is 9.64 Å². The van der Waals surface area contributed by atoms with E-state index in [0.29, 0.717) is 38.1 Å². The van der Waals surface area contributed by atoms with Gasteiger partial charge in [-0.15, -0.1) is 10.2 Å². The molecular formula is C21H21N7O. The van der Waals surface area contributed by atoms with E-state index >= 15 is 0 Å². The Morgan fingerprint density at radius 3 is 2.48 bits per heavy atom. The molecule has 0 spiro atoms. The zero-order valence-electron chi connectivity index (χ0n) is 16.1. The third-order valence-electron chi connectivity index (χ3n) is 4.62. The number of para-hydroxylation sites is 1. The number of hydrogen-bond donors (Lipinski definition) is 1. The Morgan fingerprint density at radius 2 is 1.79 bits per heavy atom. The molecule has 1 fully saturated rings. The second-order valence-corrected chi connectivity index (χ2v) is 6.64. The Balaban J connectivity index is 1.73. The average Bonchev–Trinajstić information content (AvgIpc) is 3.22. The first-order valence-electron chi connectivity index (χ1n) is 9.40. The van der Waals surface area contributed by atoms with Crippen molar-refractivity contribution < 1.29 is 4.74 Å². The summed E-state index contributed by atoms with van der Waals surface area (Å²) >= 11 is 0. The normalized spacial score (nSPS) is 14.5. The first-order valence-corrected chi connectivity index (χ1v) is 9.40. The van der Waals surface area contributed by atoms with Crippen LogP contribution in [0.2, 0.25) is 0 Å². The summed E-state index contributed by atoms with van der Waals surface area (Å²) in [7, 11) is 0. The fourth-order valence-electron chi connectivity index (χ4n) is 3.09. The van der Waals surface area contributed by atoms with Crippen LogP contribution in [0.5, 0.6) is 0 Å². The van der Waals surface area contributed by atoms with Gasteiger partial charge in [0.25, 0.3) is 0 Å². The topological polar surface area (TPSA) is 91.4 Å². The summed E-state index contributed by atoms with van der Waals surface area (Å²) in [5.41, 5.74) is 5.91. The number of aromatic nitrogens is 3. The van der Waals surface area contributed by atoms with Crippen LogP contribution < -0.4 is 10.3 Å². The minimum atomic E-state index is 0.154. The van der Waals surface area contributed by atoms with Crippen LogP contribution in [0.25, 0.3) is 5.69 Å². The zero-order valence-corrected chi connectivity index (χ0v) is 16.1. The van der Waals surface area contributed by atoms with E-state index in [2.05, 4.69) is 31.7 Å². The number of hydrazone groups is 1. The van der Waals surface area contributed by atoms with Crippen molar-refractivity contribution in [3.05, 3.63) is 66.0 Å². The maximum absolute atomic E-state index is 9.76. The largest absolute Gasteiger partial charge is 0.378 e. The van der Waals surface area contributed by atoms with Crippen LogP contribution in [0.1, 0.15) is 11.4 Å². The molecule has 0 radical (unpaired) electrons. The minimum Gasteiger partial charge on any atom is -0.378 e. The van der Waals surface area contributed by atoms with Crippen molar-refractivity contribution in [2.45, 2.75) is 6.92 Å². The molecule has 1 aliphatic rings. The molecule has 0 bridgehead atoms. The number of hydrogen-bond acceptors (Lipinski definition) is 7. The van der Waals surface area contributed by atoms with Gasteiger partial charge in [-0.05, 0) is 31.2 Å². The predicted octanol–water partition coefficient (Wildman–Crippen LogP) is 2.75. The maximum Gasteiger partial charge on any atom is 0.232 e. The highest BCUT2D eigenvalue weighted by Crippen LogP contribution is 2.22. The van der Waals surface area contributed by atoms with Crippen LogP contribution >= 0.6 is 0 Å². The molecule has 3 aromatic rings. The molecule has 0 amide bonds. The van der Waals surface area contributed by atoms with Crippen molar-refractivity contribution >= 4 is 17.3 Å². The van der Waals surface area contributed by atoms with Gasteiger partial charge in [0.2, 0.25) is 17.5 Å². The van der Waals surface area contributed by atoms with Crippen molar-refractivity contribution in [2.24, 2.45) is 5.10 Å². The number of nitrogens with one attached hydrogen (secondary N) is 1. The number of ether oxygens (including phenoxy) is 1. The molecule has 2 heterocycles. The summed E-state index contributed by atoms with van der Waals surface area (Å²) in [6, 6.07) is 19.7. The van der Waals surface area contributed by atoms with Gasteiger partial charge in [0.05, 0.1) is 24.6 Å². The summed E-state index contributed by atoms with van der Waals surface area (Å²) in [5.74, 6) is 1.06. The van der Waals surface area contributed by atoms with Gasteiger partial charge in [-0.1, -0.05) is 35.9 Å². The molecule has 8 nitrogen and oxygen atoms in total. The molecule has 2 aromatic carbocycles. The van der Waals surface area contributed by atoms with Crippen LogP contribution in [-0.2, 0) is 4.74 Å². The van der Waals surface area contributed by atoms with Gasteiger partial charge in [0, 0.05) is 13.1 Å². The molecule has 146 valence electrons. The Kier molecular flexibility index (Phi) is 5.49. The summed E-state index contributed by atoms with van der Waals surface area (Å²) in [6.45, 7) is 4.71. The number of nitriles is 1. The second-order valence-electron chi connectivity index (χ2n) is 6.64. The second kappa shape index (κ2) is 8.54. The Bertz CT molecular complexity index is 1030. The van der Waals surface area contributed by atoms with Crippen LogP contribution in [0, 0.1) is 18.3 Å². The quantitative estimate of drug-likeness (QED) is 0.535. The van der Waals surface area contributed by atoms with Crippen LogP contribution in [0.4, 0.5) is 11.6 Å². The monoisotopic (exact) mass is 387 g/mol. The Labute approximate surface area is 169 Å². The third-order valence-corrected chi connectivity index (χ3v) is 4.62. The fraction of sp³-hybridized carbons (Fsp3) is 0.238. The first-order chi connectivity index (χ1) is 14.3. The molecular weight excluding hydrogens is 366 g/mol. The summed E-state index contributed by atoms with van der Waals surface area (Å²) < 4.78 is 7.32. The van der Waals surface area contributed by atoms with Gasteiger partial charge in [0.1, 0.15) is 6.07 Å². The van der Waals surface area contributed by atoms with Crippen molar-refractivity contribution in [3.8, 4) is 11.8 Å². The Morgan fingerprint density at radius 1 is 1.07 bits per heavy atom. The van der Waals surface area contributed by atoms with E-state index < -0.39 is 0 Å². The lowest BCUT2D eigenvalue weighted by Gasteiger charge is -2.27. The number of morpholine rings is 1. The molecule has 1 N–H and O–H groups in total. The Hall–Kier alpha value is -3.70. The molecule has 8 heteroatoms. The van der Waals surface area contributed by atoms with Gasteiger partial charge in [0.15, 0.2) is 0 Å². The van der Waals surface area contributed by atoms with Crippen molar-refractivity contribution in [2.75, 3.05) is 36.6 Å². The van der Waals surface area contributed by atoms with E-state index in [1.165, 1.54) is 0 Å². The molecule has 1 aromatic heterocycles. The van der Waals surface area contributed by atoms with E-state index in [0.717, 1.165) is 16.9 Å². The summed E-state index contributed by atoms with van der Waals surface area (Å²) in [4.78, 5) is 2.11. The van der Waals surface area contributed by atoms with Crippen LogP contribution in [0.3, 0.4) is 0 Å². The molecule has 1 saturated heterocycles. The van der Waals surface area contributed by atoms with Gasteiger partial charge in [-0.2, -0.15) is 10.4 Å². The highest BCUT2D eigenvalue weighted by Gasteiger charge is 2.24. The lowest BCUT2D eigenvalue weighted by Crippen LogP contribution is -2.38. The molecule has 0 unspecified atom stereocenters. The molecule has 4 rings (SSSR count). The zero-order chi connectivity index (χ0) is 20.1. The van der Waals surface area contributed by atoms with Crippen molar-refractivity contribution in [3.63, 3.8) is 0 Å². The lowest BCUT2D eigenvalue weighted by molar-refractivity contribution is 0.122. The van der Waals surface area contributed by atoms with Crippen LogP contribution in [-0.4, -0.2) is 46.8 Å². The smallest absolute Gasteiger partial charge is 0.232 e. The summed E-state index contributed by atoms with van der Waals surface area (Å²) in [5, 5.41) is 22.7. The molecule has 29 heavy (non-hydrogen) atoms. The standard InChI is InChI=1S/C21H21N7O/c1-16-7-9-17(10-8-16)23-24-19(15-22)20-25-26-21(27-11-13-29-14-12-27)28(20)18-5-3-2-4-6-18/h2-10,23H,11-14H2,1H3/b24-19+. The van der Waals surface area contributed by atoms with E-state index in [1.807, 2.05) is 66.1 Å². The van der Waals surface area contributed by atoms with Gasteiger partial charge in [-0.3, -0.25) is 9.99 Å². The molecule has 1 aliphatic heterocycles. The number of anilines is 2. The highest BCUT2D eigenvalue weighted by atomic mass is 16.5. The number of rotatable bonds is 5. The first kappa shape index (κ1) is 18.7. The van der Waals surface area contributed by atoms with Gasteiger partial charge in [-0.25, -0.2) is 0 Å². The highest BCUT2D eigenvalue weighted by molar-refractivity contribution is 6.10. The van der Waals surface area contributed by atoms with Crippen molar-refractivity contribution in [1.29, 1.82) is 5.26 Å². The van der Waals surface area contributed by atoms with E-state index in [9.17, 15) is 5.26 Å². The molecule has 0 saturated carbocycles. The van der Waals surface area contributed by atoms with E-state index in [-0.39, 0.29) is 5.71 Å². The van der Waals surface area contributed by atoms with Crippen molar-refractivity contribution in [1.82, 2.24) is 14.8 Å². The maximum atomic E-state index is 9.76. The third kappa shape index (κ3) is 4.10. The number of aryl methyl sites for hydroxylation is 1. The average molecular weight is 387 g/mol. The predicted molar refractivity (Wildman–Crippen MR) is 111 cm³/mol. The minimum absolute atomic E-state index is 0.154. The van der Waals surface area contributed by atoms with E-state index in [1.54, 1.807) is 0 Å².